The Morgan fingerprint density at radius 2 is 2.00 bits per heavy atom. The lowest BCUT2D eigenvalue weighted by molar-refractivity contribution is -0.122. The SMILES string of the molecule is CNC(=O)C1CCCCN1c1cc2c(cc1N)OCCO2. The summed E-state index contributed by atoms with van der Waals surface area (Å²) < 4.78 is 11.2. The number of rotatable bonds is 2. The van der Waals surface area contributed by atoms with E-state index in [4.69, 9.17) is 15.2 Å². The van der Waals surface area contributed by atoms with Crippen molar-refractivity contribution in [3.05, 3.63) is 12.1 Å². The molecule has 0 aliphatic carbocycles. The van der Waals surface area contributed by atoms with Crippen LogP contribution < -0.4 is 25.4 Å². The third-order valence-electron chi connectivity index (χ3n) is 4.05. The number of piperidine rings is 1. The molecule has 1 aromatic rings. The Kier molecular flexibility index (Phi) is 3.77. The van der Waals surface area contributed by atoms with E-state index in [0.717, 1.165) is 31.5 Å². The predicted molar refractivity (Wildman–Crippen MR) is 80.9 cm³/mol. The van der Waals surface area contributed by atoms with E-state index >= 15 is 0 Å². The molecule has 0 radical (unpaired) electrons. The van der Waals surface area contributed by atoms with Crippen LogP contribution in [0, 0.1) is 0 Å². The fourth-order valence-corrected chi connectivity index (χ4v) is 3.00. The molecule has 1 atom stereocenters. The minimum Gasteiger partial charge on any atom is -0.486 e. The summed E-state index contributed by atoms with van der Waals surface area (Å²) in [5.74, 6) is 1.41. The van der Waals surface area contributed by atoms with Crippen molar-refractivity contribution in [2.24, 2.45) is 0 Å². The van der Waals surface area contributed by atoms with Crippen LogP contribution in [-0.4, -0.2) is 38.8 Å². The first-order valence-corrected chi connectivity index (χ1v) is 7.38. The van der Waals surface area contributed by atoms with Crippen molar-refractivity contribution in [2.75, 3.05) is 37.4 Å². The van der Waals surface area contributed by atoms with Gasteiger partial charge in [-0.1, -0.05) is 0 Å². The quantitative estimate of drug-likeness (QED) is 0.799. The van der Waals surface area contributed by atoms with Crippen molar-refractivity contribution in [1.29, 1.82) is 0 Å². The summed E-state index contributed by atoms with van der Waals surface area (Å²) in [5.41, 5.74) is 7.64. The molecule has 3 N–H and O–H groups in total. The van der Waals surface area contributed by atoms with E-state index < -0.39 is 0 Å². The number of hydrogen-bond acceptors (Lipinski definition) is 5. The van der Waals surface area contributed by atoms with Crippen molar-refractivity contribution in [2.45, 2.75) is 25.3 Å². The lowest BCUT2D eigenvalue weighted by atomic mass is 10.00. The summed E-state index contributed by atoms with van der Waals surface area (Å²) in [6, 6.07) is 3.51. The molecule has 1 amide bonds. The van der Waals surface area contributed by atoms with Gasteiger partial charge in [0, 0.05) is 25.7 Å². The second-order valence-corrected chi connectivity index (χ2v) is 5.37. The molecule has 1 unspecified atom stereocenters. The monoisotopic (exact) mass is 291 g/mol. The maximum atomic E-state index is 12.1. The molecule has 2 aliphatic heterocycles. The zero-order chi connectivity index (χ0) is 14.8. The molecule has 1 saturated heterocycles. The molecular formula is C15H21N3O3. The van der Waals surface area contributed by atoms with Crippen molar-refractivity contribution in [3.8, 4) is 11.5 Å². The van der Waals surface area contributed by atoms with E-state index in [1.165, 1.54) is 0 Å². The minimum atomic E-state index is -0.173. The van der Waals surface area contributed by atoms with Gasteiger partial charge >= 0.3 is 0 Å². The van der Waals surface area contributed by atoms with Crippen LogP contribution in [0.15, 0.2) is 12.1 Å². The van der Waals surface area contributed by atoms with Crippen molar-refractivity contribution < 1.29 is 14.3 Å². The lowest BCUT2D eigenvalue weighted by Crippen LogP contribution is -2.49. The highest BCUT2D eigenvalue weighted by Crippen LogP contribution is 2.40. The van der Waals surface area contributed by atoms with E-state index in [1.54, 1.807) is 13.1 Å². The molecule has 0 spiro atoms. The second kappa shape index (κ2) is 5.71. The number of hydrogen-bond donors (Lipinski definition) is 2. The summed E-state index contributed by atoms with van der Waals surface area (Å²) in [5, 5.41) is 2.74. The average Bonchev–Trinajstić information content (AvgIpc) is 2.53. The van der Waals surface area contributed by atoms with Gasteiger partial charge in [-0.2, -0.15) is 0 Å². The summed E-state index contributed by atoms with van der Waals surface area (Å²) in [7, 11) is 1.67. The van der Waals surface area contributed by atoms with Crippen molar-refractivity contribution in [1.82, 2.24) is 5.32 Å². The topological polar surface area (TPSA) is 76.8 Å². The van der Waals surface area contributed by atoms with Gasteiger partial charge in [-0.05, 0) is 19.3 Å². The van der Waals surface area contributed by atoms with Crippen LogP contribution in [0.3, 0.4) is 0 Å². The van der Waals surface area contributed by atoms with E-state index in [-0.39, 0.29) is 11.9 Å². The van der Waals surface area contributed by atoms with Gasteiger partial charge in [-0.15, -0.1) is 0 Å². The maximum Gasteiger partial charge on any atom is 0.242 e. The van der Waals surface area contributed by atoms with Crippen LogP contribution in [-0.2, 0) is 4.79 Å². The molecule has 1 fully saturated rings. The predicted octanol–water partition coefficient (Wildman–Crippen LogP) is 1.14. The van der Waals surface area contributed by atoms with Gasteiger partial charge in [-0.25, -0.2) is 0 Å². The largest absolute Gasteiger partial charge is 0.486 e. The third-order valence-corrected chi connectivity index (χ3v) is 4.05. The molecule has 2 heterocycles. The number of benzene rings is 1. The van der Waals surface area contributed by atoms with E-state index in [2.05, 4.69) is 10.2 Å². The van der Waals surface area contributed by atoms with Crippen LogP contribution in [0.5, 0.6) is 11.5 Å². The second-order valence-electron chi connectivity index (χ2n) is 5.37. The molecule has 3 rings (SSSR count). The number of anilines is 2. The Bertz CT molecular complexity index is 547. The van der Waals surface area contributed by atoms with Gasteiger partial charge in [0.1, 0.15) is 19.3 Å². The third kappa shape index (κ3) is 2.57. The average molecular weight is 291 g/mol. The summed E-state index contributed by atoms with van der Waals surface area (Å²) in [6.45, 7) is 1.90. The highest BCUT2D eigenvalue weighted by molar-refractivity contribution is 5.87. The summed E-state index contributed by atoms with van der Waals surface area (Å²) in [6.07, 6.45) is 2.95. The van der Waals surface area contributed by atoms with Gasteiger partial charge in [0.15, 0.2) is 11.5 Å². The number of fused-ring (bicyclic) bond motifs is 1. The molecule has 21 heavy (non-hydrogen) atoms. The van der Waals surface area contributed by atoms with E-state index in [1.807, 2.05) is 6.07 Å². The molecule has 0 bridgehead atoms. The van der Waals surface area contributed by atoms with E-state index in [9.17, 15) is 4.79 Å². The Morgan fingerprint density at radius 3 is 2.71 bits per heavy atom. The first kappa shape index (κ1) is 13.9. The fourth-order valence-electron chi connectivity index (χ4n) is 3.00. The van der Waals surface area contributed by atoms with Gasteiger partial charge < -0.3 is 25.4 Å². The minimum absolute atomic E-state index is 0.0315. The van der Waals surface area contributed by atoms with Crippen LogP contribution in [0.25, 0.3) is 0 Å². The first-order chi connectivity index (χ1) is 10.2. The number of nitrogens with two attached hydrogens (primary N) is 1. The Hall–Kier alpha value is -2.11. The van der Waals surface area contributed by atoms with Gasteiger partial charge in [0.25, 0.3) is 0 Å². The number of amides is 1. The molecule has 0 saturated carbocycles. The molecule has 6 nitrogen and oxygen atoms in total. The van der Waals surface area contributed by atoms with Crippen LogP contribution in [0.1, 0.15) is 19.3 Å². The van der Waals surface area contributed by atoms with Crippen molar-refractivity contribution in [3.63, 3.8) is 0 Å². The van der Waals surface area contributed by atoms with E-state index in [0.29, 0.717) is 30.4 Å². The number of nitrogens with one attached hydrogen (secondary N) is 1. The lowest BCUT2D eigenvalue weighted by Gasteiger charge is -2.37. The van der Waals surface area contributed by atoms with Crippen molar-refractivity contribution >= 4 is 17.3 Å². The Labute approximate surface area is 124 Å². The van der Waals surface area contributed by atoms with Gasteiger partial charge in [0.2, 0.25) is 5.91 Å². The van der Waals surface area contributed by atoms with Gasteiger partial charge in [0.05, 0.1) is 11.4 Å². The standard InChI is InChI=1S/C15H21N3O3/c1-17-15(19)11-4-2-3-5-18(11)12-9-14-13(8-10(12)16)20-6-7-21-14/h8-9,11H,2-7,16H2,1H3,(H,17,19). The highest BCUT2D eigenvalue weighted by Gasteiger charge is 2.30. The molecule has 1 aromatic carbocycles. The maximum absolute atomic E-state index is 12.1. The zero-order valence-electron chi connectivity index (χ0n) is 12.2. The van der Waals surface area contributed by atoms with Crippen LogP contribution in [0.4, 0.5) is 11.4 Å². The number of carbonyl (C=O) groups is 1. The number of nitrogens with zero attached hydrogens (tertiary/aromatic N) is 1. The van der Waals surface area contributed by atoms with Crippen LogP contribution in [0.2, 0.25) is 0 Å². The summed E-state index contributed by atoms with van der Waals surface area (Å²) >= 11 is 0. The normalized spacial score (nSPS) is 21.0. The Morgan fingerprint density at radius 1 is 1.29 bits per heavy atom. The van der Waals surface area contributed by atoms with Gasteiger partial charge in [-0.3, -0.25) is 4.79 Å². The molecule has 0 aromatic heterocycles. The number of ether oxygens (including phenoxy) is 2. The smallest absolute Gasteiger partial charge is 0.242 e. The Balaban J connectivity index is 1.95. The first-order valence-electron chi connectivity index (χ1n) is 7.38. The fraction of sp³-hybridized carbons (Fsp3) is 0.533. The van der Waals surface area contributed by atoms with Crippen LogP contribution >= 0.6 is 0 Å². The molecule has 2 aliphatic rings. The summed E-state index contributed by atoms with van der Waals surface area (Å²) in [4.78, 5) is 14.2. The molecular weight excluding hydrogens is 270 g/mol. The molecule has 114 valence electrons. The number of nitrogen functional groups attached to an aromatic ring is 1. The highest BCUT2D eigenvalue weighted by atomic mass is 16.6. The number of likely N-dealkylation sites (N-methyl/N-ethyl adjacent to an activating group) is 1. The zero-order valence-corrected chi connectivity index (χ0v) is 12.2. The number of carbonyl (C=O) groups excluding carboxylic acids is 1. The molecule has 6 heteroatoms.